The quantitative estimate of drug-likeness (QED) is 0.407. The van der Waals surface area contributed by atoms with Crippen LogP contribution in [0.5, 0.6) is 0 Å². The van der Waals surface area contributed by atoms with Crippen LogP contribution in [0.15, 0.2) is 66.7 Å². The van der Waals surface area contributed by atoms with E-state index in [0.717, 1.165) is 28.8 Å². The van der Waals surface area contributed by atoms with Gasteiger partial charge in [0.05, 0.1) is 5.56 Å². The second kappa shape index (κ2) is 10.7. The van der Waals surface area contributed by atoms with Gasteiger partial charge in [-0.3, -0.25) is 4.79 Å². The summed E-state index contributed by atoms with van der Waals surface area (Å²) in [4.78, 5) is 19.2. The average Bonchev–Trinajstić information content (AvgIpc) is 2.79. The molecule has 1 atom stereocenters. The summed E-state index contributed by atoms with van der Waals surface area (Å²) in [7, 11) is 1.58. The Kier molecular flexibility index (Phi) is 7.97. The highest BCUT2D eigenvalue weighted by Gasteiger charge is 2.30. The molecule has 3 rings (SSSR count). The lowest BCUT2D eigenvalue weighted by Crippen LogP contribution is -2.40. The van der Waals surface area contributed by atoms with E-state index in [4.69, 9.17) is 11.6 Å². The predicted molar refractivity (Wildman–Crippen MR) is 124 cm³/mol. The fourth-order valence-electron chi connectivity index (χ4n) is 3.61. The van der Waals surface area contributed by atoms with Crippen LogP contribution in [0.3, 0.4) is 0 Å². The first-order valence-electron chi connectivity index (χ1n) is 10.5. The van der Waals surface area contributed by atoms with E-state index in [1.54, 1.807) is 25.2 Å². The topological polar surface area (TPSA) is 45.2 Å². The third kappa shape index (κ3) is 6.48. The van der Waals surface area contributed by atoms with Crippen LogP contribution in [-0.4, -0.2) is 24.5 Å². The van der Waals surface area contributed by atoms with Crippen molar-refractivity contribution in [2.24, 2.45) is 0 Å². The van der Waals surface area contributed by atoms with Gasteiger partial charge in [-0.1, -0.05) is 59.6 Å². The number of benzene rings is 2. The van der Waals surface area contributed by atoms with Gasteiger partial charge in [-0.2, -0.15) is 13.2 Å². The number of aryl methyl sites for hydroxylation is 2. The zero-order valence-electron chi connectivity index (χ0n) is 18.4. The molecule has 174 valence electrons. The van der Waals surface area contributed by atoms with Crippen molar-refractivity contribution in [3.63, 3.8) is 0 Å². The number of nitrogens with zero attached hydrogens (tertiary/aromatic N) is 2. The number of amides is 1. The molecule has 1 amide bonds. The van der Waals surface area contributed by atoms with Gasteiger partial charge in [-0.05, 0) is 55.2 Å². The number of carbonyl (C=O) groups is 1. The van der Waals surface area contributed by atoms with Crippen LogP contribution in [0, 0.1) is 6.92 Å². The Hall–Kier alpha value is -3.06. The van der Waals surface area contributed by atoms with Gasteiger partial charge in [-0.15, -0.1) is 0 Å². The highest BCUT2D eigenvalue weighted by Crippen LogP contribution is 2.30. The van der Waals surface area contributed by atoms with E-state index in [1.807, 2.05) is 36.1 Å². The number of carbonyl (C=O) groups excluding carboxylic acids is 1. The molecule has 0 aliphatic rings. The highest BCUT2D eigenvalue weighted by atomic mass is 35.5. The van der Waals surface area contributed by atoms with Gasteiger partial charge in [-0.25, -0.2) is 4.98 Å². The fraction of sp³-hybridized carbons (Fsp3) is 0.280. The zero-order valence-corrected chi connectivity index (χ0v) is 19.1. The smallest absolute Gasteiger partial charge is 0.357 e. The molecule has 3 aromatic rings. The maximum atomic E-state index is 12.9. The van der Waals surface area contributed by atoms with E-state index in [1.165, 1.54) is 12.1 Å². The second-order valence-electron chi connectivity index (χ2n) is 7.74. The molecule has 0 aliphatic heterocycles. The SMILES string of the molecule is CNC(=O)C(c1ccc(C)cc1)N(CCCc1ccc(C(F)(F)F)cc1)c1cccc(Cl)n1. The van der Waals surface area contributed by atoms with Crippen LogP contribution in [0.25, 0.3) is 0 Å². The summed E-state index contributed by atoms with van der Waals surface area (Å²) in [6, 6.07) is 17.4. The molecule has 1 N–H and O–H groups in total. The van der Waals surface area contributed by atoms with Gasteiger partial charge in [0, 0.05) is 13.6 Å². The van der Waals surface area contributed by atoms with E-state index >= 15 is 0 Å². The molecular formula is C25H25ClF3N3O. The summed E-state index contributed by atoms with van der Waals surface area (Å²) in [5, 5.41) is 3.03. The summed E-state index contributed by atoms with van der Waals surface area (Å²) < 4.78 is 38.5. The maximum absolute atomic E-state index is 12.9. The Labute approximate surface area is 196 Å². The van der Waals surface area contributed by atoms with E-state index in [0.29, 0.717) is 30.4 Å². The number of pyridine rings is 1. The van der Waals surface area contributed by atoms with Crippen molar-refractivity contribution < 1.29 is 18.0 Å². The van der Waals surface area contributed by atoms with Crippen molar-refractivity contribution >= 4 is 23.3 Å². The number of nitrogens with one attached hydrogen (secondary N) is 1. The van der Waals surface area contributed by atoms with Crippen molar-refractivity contribution in [2.45, 2.75) is 32.0 Å². The van der Waals surface area contributed by atoms with Crippen molar-refractivity contribution in [3.05, 3.63) is 94.1 Å². The maximum Gasteiger partial charge on any atom is 0.416 e. The Morgan fingerprint density at radius 3 is 2.30 bits per heavy atom. The summed E-state index contributed by atoms with van der Waals surface area (Å²) >= 11 is 6.13. The van der Waals surface area contributed by atoms with Gasteiger partial charge in [0.15, 0.2) is 0 Å². The number of anilines is 1. The van der Waals surface area contributed by atoms with Gasteiger partial charge in [0.1, 0.15) is 17.0 Å². The third-order valence-corrected chi connectivity index (χ3v) is 5.55. The number of rotatable bonds is 8. The molecule has 8 heteroatoms. The van der Waals surface area contributed by atoms with Crippen molar-refractivity contribution in [3.8, 4) is 0 Å². The van der Waals surface area contributed by atoms with Gasteiger partial charge in [0.2, 0.25) is 5.91 Å². The number of likely N-dealkylation sites (N-methyl/N-ethyl adjacent to an activating group) is 1. The fourth-order valence-corrected chi connectivity index (χ4v) is 3.76. The lowest BCUT2D eigenvalue weighted by atomic mass is 10.0. The van der Waals surface area contributed by atoms with Crippen LogP contribution in [0.4, 0.5) is 19.0 Å². The van der Waals surface area contributed by atoms with Crippen LogP contribution in [0.2, 0.25) is 5.15 Å². The Bertz CT molecular complexity index is 1070. The first kappa shape index (κ1) is 24.6. The minimum Gasteiger partial charge on any atom is -0.357 e. The molecule has 0 aliphatic carbocycles. The lowest BCUT2D eigenvalue weighted by Gasteiger charge is -2.32. The third-order valence-electron chi connectivity index (χ3n) is 5.34. The molecule has 1 aromatic heterocycles. The van der Waals surface area contributed by atoms with Gasteiger partial charge < -0.3 is 10.2 Å². The monoisotopic (exact) mass is 475 g/mol. The van der Waals surface area contributed by atoms with Gasteiger partial charge >= 0.3 is 6.18 Å². The Morgan fingerprint density at radius 1 is 1.06 bits per heavy atom. The standard InChI is InChI=1S/C25H25ClF3N3O/c1-17-8-12-19(13-9-17)23(24(33)30-2)32(22-7-3-6-21(26)31-22)16-4-5-18-10-14-20(15-11-18)25(27,28)29/h3,6-15,23H,4-5,16H2,1-2H3,(H,30,33). The Morgan fingerprint density at radius 2 is 1.73 bits per heavy atom. The summed E-state index contributed by atoms with van der Waals surface area (Å²) in [6.07, 6.45) is -3.22. The van der Waals surface area contributed by atoms with E-state index in [2.05, 4.69) is 10.3 Å². The van der Waals surface area contributed by atoms with Crippen LogP contribution >= 0.6 is 11.6 Å². The molecule has 1 heterocycles. The first-order chi connectivity index (χ1) is 15.7. The van der Waals surface area contributed by atoms with Gasteiger partial charge in [0.25, 0.3) is 0 Å². The first-order valence-corrected chi connectivity index (χ1v) is 10.9. The minimum absolute atomic E-state index is 0.199. The number of hydrogen-bond donors (Lipinski definition) is 1. The van der Waals surface area contributed by atoms with Crippen LogP contribution < -0.4 is 10.2 Å². The summed E-state index contributed by atoms with van der Waals surface area (Å²) in [5.41, 5.74) is 1.99. The normalized spacial score (nSPS) is 12.3. The molecule has 33 heavy (non-hydrogen) atoms. The molecule has 2 aromatic carbocycles. The predicted octanol–water partition coefficient (Wildman–Crippen LogP) is 5.99. The number of halogens is 4. The molecule has 0 fully saturated rings. The molecule has 0 saturated carbocycles. The lowest BCUT2D eigenvalue weighted by molar-refractivity contribution is -0.137. The van der Waals surface area contributed by atoms with Crippen molar-refractivity contribution in [1.29, 1.82) is 0 Å². The van der Waals surface area contributed by atoms with E-state index in [-0.39, 0.29) is 5.91 Å². The van der Waals surface area contributed by atoms with E-state index in [9.17, 15) is 18.0 Å². The van der Waals surface area contributed by atoms with Crippen molar-refractivity contribution in [2.75, 3.05) is 18.5 Å². The summed E-state index contributed by atoms with van der Waals surface area (Å²) in [5.74, 6) is 0.347. The van der Waals surface area contributed by atoms with Crippen molar-refractivity contribution in [1.82, 2.24) is 10.3 Å². The molecule has 1 unspecified atom stereocenters. The summed E-state index contributed by atoms with van der Waals surface area (Å²) in [6.45, 7) is 2.42. The molecule has 0 bridgehead atoms. The van der Waals surface area contributed by atoms with Crippen LogP contribution in [-0.2, 0) is 17.4 Å². The molecule has 0 radical (unpaired) electrons. The largest absolute Gasteiger partial charge is 0.416 e. The number of aromatic nitrogens is 1. The molecular weight excluding hydrogens is 451 g/mol. The highest BCUT2D eigenvalue weighted by molar-refractivity contribution is 6.29. The van der Waals surface area contributed by atoms with E-state index < -0.39 is 17.8 Å². The Balaban J connectivity index is 1.86. The molecule has 4 nitrogen and oxygen atoms in total. The second-order valence-corrected chi connectivity index (χ2v) is 8.12. The molecule has 0 spiro atoms. The minimum atomic E-state index is -4.36. The number of alkyl halides is 3. The zero-order chi connectivity index (χ0) is 24.0. The molecule has 0 saturated heterocycles. The number of hydrogen-bond acceptors (Lipinski definition) is 3. The average molecular weight is 476 g/mol. The van der Waals surface area contributed by atoms with Crippen LogP contribution in [0.1, 0.15) is 34.7 Å².